The van der Waals surface area contributed by atoms with Gasteiger partial charge in [-0.05, 0) is 60.7 Å². The predicted octanol–water partition coefficient (Wildman–Crippen LogP) is 6.34. The SMILES string of the molecule is COc1ccc(Cl)cc1N1C(=O)C(Cl)=C(Nc2ccc(C(=O)Nc3ccc(Cl)c(Cl)c3)cc2)C1=O. The molecule has 1 aliphatic rings. The van der Waals surface area contributed by atoms with Crippen molar-refractivity contribution < 1.29 is 19.1 Å². The second kappa shape index (κ2) is 10.2. The molecule has 0 radical (unpaired) electrons. The van der Waals surface area contributed by atoms with Crippen molar-refractivity contribution in [1.82, 2.24) is 0 Å². The molecule has 0 fully saturated rings. The number of carbonyl (C=O) groups excluding carboxylic acids is 3. The lowest BCUT2D eigenvalue weighted by Gasteiger charge is -2.18. The Morgan fingerprint density at radius 3 is 2.17 bits per heavy atom. The summed E-state index contributed by atoms with van der Waals surface area (Å²) < 4.78 is 5.25. The van der Waals surface area contributed by atoms with E-state index >= 15 is 0 Å². The predicted molar refractivity (Wildman–Crippen MR) is 138 cm³/mol. The van der Waals surface area contributed by atoms with Crippen molar-refractivity contribution in [3.05, 3.63) is 92.0 Å². The summed E-state index contributed by atoms with van der Waals surface area (Å²) in [6, 6.07) is 15.5. The normalized spacial score (nSPS) is 13.3. The third kappa shape index (κ3) is 5.09. The molecule has 0 aromatic heterocycles. The summed E-state index contributed by atoms with van der Waals surface area (Å²) in [5.74, 6) is -1.50. The van der Waals surface area contributed by atoms with E-state index in [2.05, 4.69) is 10.6 Å². The van der Waals surface area contributed by atoms with Crippen LogP contribution in [0.4, 0.5) is 17.1 Å². The molecule has 2 N–H and O–H groups in total. The Hall–Kier alpha value is -3.23. The van der Waals surface area contributed by atoms with Gasteiger partial charge in [0.2, 0.25) is 0 Å². The van der Waals surface area contributed by atoms with Gasteiger partial charge >= 0.3 is 0 Å². The van der Waals surface area contributed by atoms with Crippen molar-refractivity contribution in [2.75, 3.05) is 22.6 Å². The Morgan fingerprint density at radius 2 is 1.51 bits per heavy atom. The second-order valence-electron chi connectivity index (χ2n) is 7.24. The molecular weight excluding hydrogens is 536 g/mol. The number of hydrogen-bond donors (Lipinski definition) is 2. The number of carbonyl (C=O) groups is 3. The van der Waals surface area contributed by atoms with Gasteiger partial charge in [0.1, 0.15) is 16.5 Å². The van der Waals surface area contributed by atoms with E-state index in [0.717, 1.165) is 4.90 Å². The summed E-state index contributed by atoms with van der Waals surface area (Å²) in [4.78, 5) is 39.2. The molecule has 3 aromatic carbocycles. The molecule has 3 amide bonds. The maximum absolute atomic E-state index is 13.1. The minimum atomic E-state index is -0.725. The summed E-state index contributed by atoms with van der Waals surface area (Å²) in [6.07, 6.45) is 0. The molecule has 4 rings (SSSR count). The number of rotatable bonds is 6. The van der Waals surface area contributed by atoms with E-state index in [9.17, 15) is 14.4 Å². The molecule has 1 heterocycles. The monoisotopic (exact) mass is 549 g/mol. The molecule has 0 unspecified atom stereocenters. The Bertz CT molecular complexity index is 1390. The third-order valence-corrected chi connectivity index (χ3v) is 6.33. The van der Waals surface area contributed by atoms with Crippen LogP contribution in [-0.4, -0.2) is 24.8 Å². The van der Waals surface area contributed by atoms with Gasteiger partial charge in [-0.3, -0.25) is 14.4 Å². The first-order valence-electron chi connectivity index (χ1n) is 9.95. The number of ether oxygens (including phenoxy) is 1. The number of hydrogen-bond acceptors (Lipinski definition) is 5. The number of nitrogens with zero attached hydrogens (tertiary/aromatic N) is 1. The zero-order valence-electron chi connectivity index (χ0n) is 17.9. The maximum atomic E-state index is 13.1. The van der Waals surface area contributed by atoms with Gasteiger partial charge in [0.15, 0.2) is 0 Å². The van der Waals surface area contributed by atoms with E-state index in [0.29, 0.717) is 32.0 Å². The fourth-order valence-electron chi connectivity index (χ4n) is 3.29. The molecule has 11 heteroatoms. The van der Waals surface area contributed by atoms with Gasteiger partial charge in [0.05, 0.1) is 22.8 Å². The van der Waals surface area contributed by atoms with Crippen molar-refractivity contribution in [2.45, 2.75) is 0 Å². The number of methoxy groups -OCH3 is 1. The minimum absolute atomic E-state index is 0.119. The van der Waals surface area contributed by atoms with E-state index in [1.54, 1.807) is 48.5 Å². The number of nitrogens with one attached hydrogen (secondary N) is 2. The Morgan fingerprint density at radius 1 is 0.829 bits per heavy atom. The van der Waals surface area contributed by atoms with Crippen LogP contribution >= 0.6 is 46.4 Å². The van der Waals surface area contributed by atoms with E-state index < -0.39 is 11.8 Å². The summed E-state index contributed by atoms with van der Waals surface area (Å²) in [5, 5.41) is 6.28. The molecule has 0 aliphatic carbocycles. The van der Waals surface area contributed by atoms with Crippen molar-refractivity contribution in [2.24, 2.45) is 0 Å². The summed E-state index contributed by atoms with van der Waals surface area (Å²) in [5.41, 5.74) is 1.31. The first-order chi connectivity index (χ1) is 16.7. The van der Waals surface area contributed by atoms with E-state index in [-0.39, 0.29) is 28.1 Å². The number of halogens is 4. The van der Waals surface area contributed by atoms with Gasteiger partial charge in [-0.1, -0.05) is 46.4 Å². The average molecular weight is 551 g/mol. The smallest absolute Gasteiger partial charge is 0.283 e. The van der Waals surface area contributed by atoms with Crippen molar-refractivity contribution >= 4 is 81.2 Å². The first-order valence-corrected chi connectivity index (χ1v) is 11.5. The minimum Gasteiger partial charge on any atom is -0.495 e. The molecule has 3 aromatic rings. The molecule has 0 saturated carbocycles. The Labute approximate surface area is 220 Å². The van der Waals surface area contributed by atoms with Crippen molar-refractivity contribution in [1.29, 1.82) is 0 Å². The van der Waals surface area contributed by atoms with Crippen molar-refractivity contribution in [3.63, 3.8) is 0 Å². The van der Waals surface area contributed by atoms with E-state index in [4.69, 9.17) is 51.1 Å². The molecule has 0 bridgehead atoms. The lowest BCUT2D eigenvalue weighted by atomic mass is 10.2. The van der Waals surface area contributed by atoms with Crippen LogP contribution in [0.2, 0.25) is 15.1 Å². The van der Waals surface area contributed by atoms with Gasteiger partial charge in [-0.2, -0.15) is 0 Å². The lowest BCUT2D eigenvalue weighted by molar-refractivity contribution is -0.120. The fraction of sp³-hybridized carbons (Fsp3) is 0.0417. The molecule has 7 nitrogen and oxygen atoms in total. The van der Waals surface area contributed by atoms with Crippen molar-refractivity contribution in [3.8, 4) is 5.75 Å². The van der Waals surface area contributed by atoms with Crippen LogP contribution in [0, 0.1) is 0 Å². The molecule has 0 spiro atoms. The molecule has 0 saturated heterocycles. The highest BCUT2D eigenvalue weighted by molar-refractivity contribution is 6.53. The number of benzene rings is 3. The van der Waals surface area contributed by atoms with Gasteiger partial charge in [0.25, 0.3) is 17.7 Å². The van der Waals surface area contributed by atoms with Gasteiger partial charge in [-0.25, -0.2) is 4.90 Å². The van der Waals surface area contributed by atoms with Crippen LogP contribution in [0.25, 0.3) is 0 Å². The molecular formula is C24H15Cl4N3O4. The van der Waals surface area contributed by atoms with Crippen LogP contribution in [0.1, 0.15) is 10.4 Å². The topological polar surface area (TPSA) is 87.7 Å². The Kier molecular flexibility index (Phi) is 7.23. The molecule has 178 valence electrons. The standard InChI is InChI=1S/C24H15Cl4N3O4/c1-35-19-9-4-13(25)10-18(19)31-23(33)20(28)21(24(31)34)29-14-5-2-12(3-6-14)22(32)30-15-7-8-16(26)17(27)11-15/h2-11,29H,1H3,(H,30,32). The lowest BCUT2D eigenvalue weighted by Crippen LogP contribution is -2.32. The number of amides is 3. The summed E-state index contributed by atoms with van der Waals surface area (Å²) in [6.45, 7) is 0. The van der Waals surface area contributed by atoms with Crippen LogP contribution in [0.15, 0.2) is 71.4 Å². The zero-order chi connectivity index (χ0) is 25.3. The molecule has 1 aliphatic heterocycles. The Balaban J connectivity index is 1.51. The first kappa shape index (κ1) is 24.9. The quantitative estimate of drug-likeness (QED) is 0.349. The largest absolute Gasteiger partial charge is 0.495 e. The van der Waals surface area contributed by atoms with Gasteiger partial charge in [0, 0.05) is 22.0 Å². The van der Waals surface area contributed by atoms with E-state index in [1.807, 2.05) is 0 Å². The van der Waals surface area contributed by atoms with E-state index in [1.165, 1.54) is 19.2 Å². The number of imide groups is 1. The van der Waals surface area contributed by atoms with Crippen LogP contribution in [0.3, 0.4) is 0 Å². The zero-order valence-corrected chi connectivity index (χ0v) is 20.9. The van der Waals surface area contributed by atoms with Crippen LogP contribution in [-0.2, 0) is 9.59 Å². The highest BCUT2D eigenvalue weighted by Crippen LogP contribution is 2.37. The summed E-state index contributed by atoms with van der Waals surface area (Å²) in [7, 11) is 1.41. The molecule has 0 atom stereocenters. The van der Waals surface area contributed by atoms with Crippen LogP contribution in [0.5, 0.6) is 5.75 Å². The third-order valence-electron chi connectivity index (χ3n) is 5.00. The van der Waals surface area contributed by atoms with Crippen LogP contribution < -0.4 is 20.3 Å². The van der Waals surface area contributed by atoms with Gasteiger partial charge in [-0.15, -0.1) is 0 Å². The highest BCUT2D eigenvalue weighted by atomic mass is 35.5. The second-order valence-corrected chi connectivity index (χ2v) is 8.87. The maximum Gasteiger partial charge on any atom is 0.283 e. The highest BCUT2D eigenvalue weighted by Gasteiger charge is 2.40. The molecule has 35 heavy (non-hydrogen) atoms. The number of anilines is 3. The summed E-state index contributed by atoms with van der Waals surface area (Å²) >= 11 is 24.1. The average Bonchev–Trinajstić information content (AvgIpc) is 3.04. The fourth-order valence-corrected chi connectivity index (χ4v) is 3.97. The van der Waals surface area contributed by atoms with Gasteiger partial charge < -0.3 is 15.4 Å².